The minimum atomic E-state index is -3.85. The van der Waals surface area contributed by atoms with Crippen LogP contribution in [0.2, 0.25) is 0 Å². The number of hydrogen-bond acceptors (Lipinski definition) is 7. The topological polar surface area (TPSA) is 96.4 Å². The maximum Gasteiger partial charge on any atom is 0.346 e. The van der Waals surface area contributed by atoms with Crippen LogP contribution in [0.1, 0.15) is 26.5 Å². The molecule has 3 aromatic rings. The van der Waals surface area contributed by atoms with Gasteiger partial charge in [0.15, 0.2) is 4.34 Å². The Hall–Kier alpha value is -1.88. The first-order valence-electron chi connectivity index (χ1n) is 7.73. The lowest BCUT2D eigenvalue weighted by Crippen LogP contribution is -2.12. The Kier molecular flexibility index (Phi) is 5.61. The molecule has 6 nitrogen and oxygen atoms in total. The van der Waals surface area contributed by atoms with Crippen LogP contribution in [-0.4, -0.2) is 24.5 Å². The molecule has 0 bridgehead atoms. The summed E-state index contributed by atoms with van der Waals surface area (Å²) in [5.74, 6) is -1.13. The molecule has 0 unspecified atom stereocenters. The molecule has 0 saturated carbocycles. The number of benzene rings is 1. The zero-order valence-electron chi connectivity index (χ0n) is 14.6. The van der Waals surface area contributed by atoms with E-state index >= 15 is 0 Å². The second-order valence-corrected chi connectivity index (χ2v) is 11.0. The molecule has 2 aromatic heterocycles. The molecule has 2 N–H and O–H groups in total. The number of nitrogens with zero attached hydrogens (tertiary/aromatic N) is 1. The number of sulfonamides is 1. The minimum absolute atomic E-state index is 0.0199. The Morgan fingerprint density at radius 1 is 1.19 bits per heavy atom. The highest BCUT2D eigenvalue weighted by molar-refractivity contribution is 8.01. The van der Waals surface area contributed by atoms with E-state index in [1.807, 2.05) is 31.4 Å². The first-order valence-corrected chi connectivity index (χ1v) is 11.7. The van der Waals surface area contributed by atoms with Gasteiger partial charge in [0.25, 0.3) is 10.0 Å². The van der Waals surface area contributed by atoms with Gasteiger partial charge in [0.05, 0.1) is 5.69 Å². The number of aromatic carboxylic acids is 1. The maximum absolute atomic E-state index is 12.6. The summed E-state index contributed by atoms with van der Waals surface area (Å²) in [6, 6.07) is 6.80. The average molecular weight is 441 g/mol. The van der Waals surface area contributed by atoms with Gasteiger partial charge in [0, 0.05) is 16.0 Å². The molecule has 0 radical (unpaired) electrons. The fourth-order valence-corrected chi connectivity index (χ4v) is 6.71. The van der Waals surface area contributed by atoms with Crippen molar-refractivity contribution in [1.82, 2.24) is 4.98 Å². The molecule has 142 valence electrons. The SMILES string of the molecule is Cc1csc(Sc2ccc(NS(=O)(=O)c3cc(C)c(C(=O)O)s3)c(C)c2)n1. The van der Waals surface area contributed by atoms with Crippen molar-refractivity contribution in [2.45, 2.75) is 34.2 Å². The van der Waals surface area contributed by atoms with E-state index in [-0.39, 0.29) is 9.09 Å². The number of anilines is 1. The van der Waals surface area contributed by atoms with Crippen LogP contribution in [-0.2, 0) is 10.0 Å². The monoisotopic (exact) mass is 440 g/mol. The van der Waals surface area contributed by atoms with Crippen molar-refractivity contribution in [2.24, 2.45) is 0 Å². The van der Waals surface area contributed by atoms with Crippen LogP contribution in [0, 0.1) is 20.8 Å². The summed E-state index contributed by atoms with van der Waals surface area (Å²) in [6.07, 6.45) is 0. The predicted molar refractivity (Wildman–Crippen MR) is 109 cm³/mol. The van der Waals surface area contributed by atoms with E-state index in [1.165, 1.54) is 17.8 Å². The third-order valence-electron chi connectivity index (χ3n) is 3.60. The number of thiophene rings is 1. The van der Waals surface area contributed by atoms with Crippen LogP contribution in [0.4, 0.5) is 5.69 Å². The van der Waals surface area contributed by atoms with Crippen LogP contribution in [0.15, 0.2) is 43.1 Å². The Morgan fingerprint density at radius 2 is 1.93 bits per heavy atom. The maximum atomic E-state index is 12.6. The summed E-state index contributed by atoms with van der Waals surface area (Å²) < 4.78 is 28.7. The van der Waals surface area contributed by atoms with Crippen molar-refractivity contribution in [3.63, 3.8) is 0 Å². The number of rotatable bonds is 6. The van der Waals surface area contributed by atoms with Gasteiger partial charge in [0.1, 0.15) is 9.09 Å². The standard InChI is InChI=1S/C17H16N2O4S4/c1-9-6-12(25-17-18-11(3)8-24-17)4-5-13(9)19-27(22,23)14-7-10(2)15(26-14)16(20)21/h4-8,19H,1-3H3,(H,20,21). The van der Waals surface area contributed by atoms with Gasteiger partial charge in [-0.2, -0.15) is 0 Å². The number of aryl methyl sites for hydroxylation is 3. The van der Waals surface area contributed by atoms with Gasteiger partial charge in [0.2, 0.25) is 0 Å². The third kappa shape index (κ3) is 4.52. The summed E-state index contributed by atoms with van der Waals surface area (Å²) in [5, 5.41) is 11.1. The third-order valence-corrected chi connectivity index (χ3v) is 8.71. The second kappa shape index (κ2) is 7.63. The number of aromatic nitrogens is 1. The molecular formula is C17H16N2O4S4. The average Bonchev–Trinajstić information content (AvgIpc) is 3.16. The first-order chi connectivity index (χ1) is 12.7. The van der Waals surface area contributed by atoms with E-state index in [4.69, 9.17) is 5.11 Å². The van der Waals surface area contributed by atoms with Gasteiger partial charge in [-0.1, -0.05) is 11.8 Å². The molecule has 0 aliphatic carbocycles. The number of nitrogens with one attached hydrogen (secondary N) is 1. The minimum Gasteiger partial charge on any atom is -0.477 e. The van der Waals surface area contributed by atoms with Crippen molar-refractivity contribution >= 4 is 56.1 Å². The number of carboxylic acids is 1. The van der Waals surface area contributed by atoms with E-state index in [9.17, 15) is 13.2 Å². The molecular weight excluding hydrogens is 424 g/mol. The smallest absolute Gasteiger partial charge is 0.346 e. The lowest BCUT2D eigenvalue weighted by Gasteiger charge is -2.10. The molecule has 27 heavy (non-hydrogen) atoms. The largest absolute Gasteiger partial charge is 0.477 e. The Labute approximate surface area is 169 Å². The number of carbonyl (C=O) groups is 1. The highest BCUT2D eigenvalue weighted by Crippen LogP contribution is 2.33. The fraction of sp³-hybridized carbons (Fsp3) is 0.176. The molecule has 10 heteroatoms. The zero-order chi connectivity index (χ0) is 19.8. The molecule has 1 aromatic carbocycles. The molecule has 0 atom stereocenters. The molecule has 2 heterocycles. The van der Waals surface area contributed by atoms with Crippen LogP contribution in [0.25, 0.3) is 0 Å². The Morgan fingerprint density at radius 3 is 2.48 bits per heavy atom. The molecule has 0 aliphatic heterocycles. The molecule has 0 spiro atoms. The summed E-state index contributed by atoms with van der Waals surface area (Å²) >= 11 is 3.83. The van der Waals surface area contributed by atoms with Crippen molar-refractivity contribution in [3.8, 4) is 0 Å². The van der Waals surface area contributed by atoms with E-state index in [0.717, 1.165) is 31.8 Å². The van der Waals surface area contributed by atoms with Crippen LogP contribution in [0.3, 0.4) is 0 Å². The normalized spacial score (nSPS) is 11.5. The van der Waals surface area contributed by atoms with E-state index < -0.39 is 16.0 Å². The molecule has 0 amide bonds. The van der Waals surface area contributed by atoms with Gasteiger partial charge < -0.3 is 5.11 Å². The summed E-state index contributed by atoms with van der Waals surface area (Å²) in [4.78, 5) is 16.5. The summed E-state index contributed by atoms with van der Waals surface area (Å²) in [5.41, 5.74) is 2.62. The van der Waals surface area contributed by atoms with Gasteiger partial charge in [-0.15, -0.1) is 22.7 Å². The van der Waals surface area contributed by atoms with Gasteiger partial charge in [-0.05, 0) is 56.2 Å². The number of hydrogen-bond donors (Lipinski definition) is 2. The highest BCUT2D eigenvalue weighted by atomic mass is 32.2. The molecule has 0 saturated heterocycles. The van der Waals surface area contributed by atoms with E-state index in [1.54, 1.807) is 24.3 Å². The molecule has 0 aliphatic rings. The zero-order valence-corrected chi connectivity index (χ0v) is 17.9. The van der Waals surface area contributed by atoms with Crippen LogP contribution in [0.5, 0.6) is 0 Å². The molecule has 3 rings (SSSR count). The number of carboxylic acid groups (broad SMARTS) is 1. The lowest BCUT2D eigenvalue weighted by atomic mass is 10.2. The van der Waals surface area contributed by atoms with Crippen LogP contribution < -0.4 is 4.72 Å². The van der Waals surface area contributed by atoms with Crippen molar-refractivity contribution in [1.29, 1.82) is 0 Å². The Balaban J connectivity index is 1.82. The van der Waals surface area contributed by atoms with E-state index in [2.05, 4.69) is 9.71 Å². The Bertz CT molecular complexity index is 1120. The summed E-state index contributed by atoms with van der Waals surface area (Å²) in [6.45, 7) is 5.33. The van der Waals surface area contributed by atoms with Crippen LogP contribution >= 0.6 is 34.4 Å². The van der Waals surface area contributed by atoms with Gasteiger partial charge in [-0.25, -0.2) is 18.2 Å². The van der Waals surface area contributed by atoms with Gasteiger partial charge >= 0.3 is 5.97 Å². The van der Waals surface area contributed by atoms with E-state index in [0.29, 0.717) is 11.3 Å². The highest BCUT2D eigenvalue weighted by Gasteiger charge is 2.22. The first kappa shape index (κ1) is 19.9. The number of thiazole rings is 1. The van der Waals surface area contributed by atoms with Crippen molar-refractivity contribution < 1.29 is 18.3 Å². The lowest BCUT2D eigenvalue weighted by molar-refractivity contribution is 0.0701. The van der Waals surface area contributed by atoms with Crippen molar-refractivity contribution in [3.05, 3.63) is 51.3 Å². The summed E-state index contributed by atoms with van der Waals surface area (Å²) in [7, 11) is -3.85. The fourth-order valence-electron chi connectivity index (χ4n) is 2.29. The quantitative estimate of drug-likeness (QED) is 0.573. The van der Waals surface area contributed by atoms with Crippen molar-refractivity contribution in [2.75, 3.05) is 4.72 Å². The second-order valence-electron chi connectivity index (χ2n) is 5.82. The predicted octanol–water partition coefficient (Wildman–Crippen LogP) is 4.78. The molecule has 0 fully saturated rings. The van der Waals surface area contributed by atoms with Gasteiger partial charge in [-0.3, -0.25) is 4.72 Å².